The molecule has 0 radical (unpaired) electrons. The Morgan fingerprint density at radius 2 is 1.97 bits per heavy atom. The second-order valence-corrected chi connectivity index (χ2v) is 8.27. The Hall–Kier alpha value is -2.59. The van der Waals surface area contributed by atoms with Crippen LogP contribution in [0.3, 0.4) is 0 Å². The van der Waals surface area contributed by atoms with E-state index in [1.54, 1.807) is 6.92 Å². The zero-order chi connectivity index (χ0) is 21.6. The molecule has 0 unspecified atom stereocenters. The summed E-state index contributed by atoms with van der Waals surface area (Å²) in [6, 6.07) is 4.10. The van der Waals surface area contributed by atoms with Crippen LogP contribution in [0, 0.1) is 0 Å². The Bertz CT molecular complexity index is 911. The molecule has 0 fully saturated rings. The SMILES string of the molecule is CCCNS(=O)(=O)c1ccc(OCC)c(C(=O)NN2CCC(CC)=C2C(N)=O)c1. The number of nitrogens with one attached hydrogen (secondary N) is 2. The number of carbonyl (C=O) groups is 2. The molecule has 1 aliphatic heterocycles. The molecule has 0 aromatic heterocycles. The predicted molar refractivity (Wildman–Crippen MR) is 108 cm³/mol. The van der Waals surface area contributed by atoms with Crippen molar-refractivity contribution >= 4 is 21.8 Å². The van der Waals surface area contributed by atoms with Crippen LogP contribution >= 0.6 is 0 Å². The summed E-state index contributed by atoms with van der Waals surface area (Å²) in [6.45, 7) is 6.52. The molecule has 0 atom stereocenters. The Morgan fingerprint density at radius 3 is 2.55 bits per heavy atom. The number of sulfonamides is 1. The molecule has 2 amide bonds. The lowest BCUT2D eigenvalue weighted by atomic mass is 10.1. The van der Waals surface area contributed by atoms with Crippen LogP contribution in [0.5, 0.6) is 5.75 Å². The van der Waals surface area contributed by atoms with Gasteiger partial charge < -0.3 is 10.5 Å². The van der Waals surface area contributed by atoms with Gasteiger partial charge in [0.2, 0.25) is 10.0 Å². The minimum Gasteiger partial charge on any atom is -0.493 e. The molecule has 4 N–H and O–H groups in total. The second-order valence-electron chi connectivity index (χ2n) is 6.50. The predicted octanol–water partition coefficient (Wildman–Crippen LogP) is 1.27. The van der Waals surface area contributed by atoms with E-state index in [0.29, 0.717) is 32.4 Å². The number of hydrazine groups is 1. The molecule has 0 saturated carbocycles. The fraction of sp³-hybridized carbons (Fsp3) is 0.474. The van der Waals surface area contributed by atoms with E-state index in [9.17, 15) is 18.0 Å². The molecule has 0 aliphatic carbocycles. The number of carbonyl (C=O) groups excluding carboxylic acids is 2. The summed E-state index contributed by atoms with van der Waals surface area (Å²) < 4.78 is 32.8. The summed E-state index contributed by atoms with van der Waals surface area (Å²) in [5.41, 5.74) is 9.31. The van der Waals surface area contributed by atoms with E-state index >= 15 is 0 Å². The largest absolute Gasteiger partial charge is 0.493 e. The van der Waals surface area contributed by atoms with E-state index in [4.69, 9.17) is 10.5 Å². The van der Waals surface area contributed by atoms with Crippen molar-refractivity contribution in [3.05, 3.63) is 35.0 Å². The molecular formula is C19H28N4O5S. The zero-order valence-corrected chi connectivity index (χ0v) is 17.8. The lowest BCUT2D eigenvalue weighted by Gasteiger charge is -2.22. The van der Waals surface area contributed by atoms with Crippen LogP contribution in [-0.2, 0) is 14.8 Å². The van der Waals surface area contributed by atoms with Crippen LogP contribution in [-0.4, -0.2) is 44.9 Å². The van der Waals surface area contributed by atoms with Crippen molar-refractivity contribution in [2.75, 3.05) is 19.7 Å². The number of primary amides is 1. The number of amides is 2. The highest BCUT2D eigenvalue weighted by atomic mass is 32.2. The van der Waals surface area contributed by atoms with Crippen LogP contribution in [0.1, 0.15) is 50.4 Å². The van der Waals surface area contributed by atoms with Gasteiger partial charge in [-0.05, 0) is 50.0 Å². The molecule has 29 heavy (non-hydrogen) atoms. The Kier molecular flexibility index (Phi) is 7.63. The van der Waals surface area contributed by atoms with E-state index < -0.39 is 21.8 Å². The summed E-state index contributed by atoms with van der Waals surface area (Å²) in [4.78, 5) is 24.7. The Balaban J connectivity index is 2.36. The molecule has 0 bridgehead atoms. The summed E-state index contributed by atoms with van der Waals surface area (Å²) in [5, 5.41) is 1.41. The van der Waals surface area contributed by atoms with Crippen LogP contribution in [0.25, 0.3) is 0 Å². The van der Waals surface area contributed by atoms with Gasteiger partial charge in [0.05, 0.1) is 17.1 Å². The third-order valence-corrected chi connectivity index (χ3v) is 5.95. The maximum atomic E-state index is 12.9. The molecule has 9 nitrogen and oxygen atoms in total. The fourth-order valence-corrected chi connectivity index (χ4v) is 4.23. The first-order chi connectivity index (χ1) is 13.7. The van der Waals surface area contributed by atoms with Gasteiger partial charge in [0.15, 0.2) is 0 Å². The molecule has 1 aromatic rings. The first-order valence-electron chi connectivity index (χ1n) is 9.61. The highest BCUT2D eigenvalue weighted by Crippen LogP contribution is 2.26. The fourth-order valence-electron chi connectivity index (χ4n) is 3.07. The van der Waals surface area contributed by atoms with Gasteiger partial charge >= 0.3 is 0 Å². The smallest absolute Gasteiger partial charge is 0.273 e. The van der Waals surface area contributed by atoms with Crippen LogP contribution < -0.4 is 20.6 Å². The molecule has 0 spiro atoms. The topological polar surface area (TPSA) is 131 Å². The lowest BCUT2D eigenvalue weighted by Crippen LogP contribution is -2.43. The van der Waals surface area contributed by atoms with Gasteiger partial charge in [-0.3, -0.25) is 20.0 Å². The molecule has 160 valence electrons. The van der Waals surface area contributed by atoms with Crippen LogP contribution in [0.15, 0.2) is 34.4 Å². The highest BCUT2D eigenvalue weighted by Gasteiger charge is 2.28. The van der Waals surface area contributed by atoms with Crippen molar-refractivity contribution in [1.29, 1.82) is 0 Å². The van der Waals surface area contributed by atoms with Crippen LogP contribution in [0.2, 0.25) is 0 Å². The normalized spacial score (nSPS) is 14.2. The third-order valence-electron chi connectivity index (χ3n) is 4.49. The zero-order valence-electron chi connectivity index (χ0n) is 16.9. The minimum absolute atomic E-state index is 0.0408. The van der Waals surface area contributed by atoms with Crippen molar-refractivity contribution < 1.29 is 22.7 Å². The number of rotatable bonds is 10. The van der Waals surface area contributed by atoms with E-state index in [2.05, 4.69) is 10.1 Å². The summed E-state index contributed by atoms with van der Waals surface area (Å²) >= 11 is 0. The van der Waals surface area contributed by atoms with E-state index in [1.165, 1.54) is 23.2 Å². The van der Waals surface area contributed by atoms with Gasteiger partial charge in [0.1, 0.15) is 11.4 Å². The molecule has 2 rings (SSSR count). The summed E-state index contributed by atoms with van der Waals surface area (Å²) in [6.07, 6.45) is 1.90. The quantitative estimate of drug-likeness (QED) is 0.518. The van der Waals surface area contributed by atoms with Crippen molar-refractivity contribution in [2.24, 2.45) is 5.73 Å². The number of nitrogens with two attached hydrogens (primary N) is 1. The average molecular weight is 425 g/mol. The van der Waals surface area contributed by atoms with Gasteiger partial charge in [0.25, 0.3) is 11.8 Å². The highest BCUT2D eigenvalue weighted by molar-refractivity contribution is 7.89. The average Bonchev–Trinajstić information content (AvgIpc) is 3.09. The standard InChI is InChI=1S/C19H28N4O5S/c1-4-10-21-29(26,27)14-7-8-16(28-6-3)15(12-14)19(25)22-23-11-9-13(5-2)17(23)18(20)24/h7-8,12,21H,4-6,9-11H2,1-3H3,(H2,20,24)(H,22,25). The number of hydrogen-bond acceptors (Lipinski definition) is 6. The minimum atomic E-state index is -3.76. The van der Waals surface area contributed by atoms with E-state index in [1.807, 2.05) is 13.8 Å². The van der Waals surface area contributed by atoms with Gasteiger partial charge in [-0.1, -0.05) is 13.8 Å². The lowest BCUT2D eigenvalue weighted by molar-refractivity contribution is -0.116. The number of hydrogen-bond donors (Lipinski definition) is 3. The van der Waals surface area contributed by atoms with E-state index in [0.717, 1.165) is 5.57 Å². The second kappa shape index (κ2) is 9.75. The summed E-state index contributed by atoms with van der Waals surface area (Å²) in [7, 11) is -3.76. The Labute approximate surface area is 171 Å². The first kappa shape index (κ1) is 22.7. The van der Waals surface area contributed by atoms with Crippen molar-refractivity contribution in [1.82, 2.24) is 15.2 Å². The van der Waals surface area contributed by atoms with Crippen molar-refractivity contribution in [2.45, 2.75) is 44.9 Å². The van der Waals surface area contributed by atoms with Crippen molar-refractivity contribution in [3.8, 4) is 5.75 Å². The van der Waals surface area contributed by atoms with Gasteiger partial charge in [-0.2, -0.15) is 0 Å². The van der Waals surface area contributed by atoms with Crippen LogP contribution in [0.4, 0.5) is 0 Å². The Morgan fingerprint density at radius 1 is 1.24 bits per heavy atom. The first-order valence-corrected chi connectivity index (χ1v) is 11.1. The van der Waals surface area contributed by atoms with Gasteiger partial charge in [0, 0.05) is 13.1 Å². The molecule has 1 aliphatic rings. The third kappa shape index (κ3) is 5.27. The molecule has 0 saturated heterocycles. The molecule has 1 heterocycles. The number of ether oxygens (including phenoxy) is 1. The monoisotopic (exact) mass is 424 g/mol. The summed E-state index contributed by atoms with van der Waals surface area (Å²) in [5.74, 6) is -0.958. The van der Waals surface area contributed by atoms with Crippen molar-refractivity contribution in [3.63, 3.8) is 0 Å². The maximum absolute atomic E-state index is 12.9. The van der Waals surface area contributed by atoms with Gasteiger partial charge in [-0.15, -0.1) is 0 Å². The molecular weight excluding hydrogens is 396 g/mol. The van der Waals surface area contributed by atoms with E-state index in [-0.39, 0.29) is 28.5 Å². The molecule has 1 aromatic carbocycles. The maximum Gasteiger partial charge on any atom is 0.273 e. The number of benzene rings is 1. The number of nitrogens with zero attached hydrogens (tertiary/aromatic N) is 1. The molecule has 10 heteroatoms. The van der Waals surface area contributed by atoms with Gasteiger partial charge in [-0.25, -0.2) is 13.1 Å².